The highest BCUT2D eigenvalue weighted by atomic mass is 32.1. The molecule has 0 bridgehead atoms. The number of carbonyl (C=O) groups excluding carboxylic acids is 2. The Morgan fingerprint density at radius 2 is 1.56 bits per heavy atom. The number of hydrogen-bond donors (Lipinski definition) is 1. The van der Waals surface area contributed by atoms with Gasteiger partial charge in [0.15, 0.2) is 4.67 Å². The van der Waals surface area contributed by atoms with Crippen LogP contribution in [0.2, 0.25) is 0 Å². The minimum Gasteiger partial charge on any atom is -0.461 e. The van der Waals surface area contributed by atoms with E-state index in [-0.39, 0.29) is 40.6 Å². The van der Waals surface area contributed by atoms with Gasteiger partial charge in [0, 0.05) is 31.4 Å². The fraction of sp³-hybridized carbons (Fsp3) is 0.227. The predicted octanol–water partition coefficient (Wildman–Crippen LogP) is 3.66. The van der Waals surface area contributed by atoms with E-state index in [4.69, 9.17) is 14.0 Å². The number of nitro groups is 2. The van der Waals surface area contributed by atoms with Crippen LogP contribution in [0.25, 0.3) is 5.69 Å². The predicted molar refractivity (Wildman–Crippen MR) is 145 cm³/mol. The molecular weight excluding hydrogens is 585 g/mol. The maximum Gasteiger partial charge on any atom is 0.373 e. The van der Waals surface area contributed by atoms with E-state index in [0.29, 0.717) is 17.2 Å². The quantitative estimate of drug-likeness (QED) is 0.102. The van der Waals surface area contributed by atoms with Crippen molar-refractivity contribution in [2.45, 2.75) is 13.8 Å². The van der Waals surface area contributed by atoms with E-state index in [1.807, 2.05) is 0 Å². The van der Waals surface area contributed by atoms with Crippen LogP contribution in [-0.4, -0.2) is 56.7 Å². The van der Waals surface area contributed by atoms with E-state index in [1.54, 1.807) is 6.92 Å². The lowest BCUT2D eigenvalue weighted by atomic mass is 10.3. The topological polar surface area (TPSA) is 220 Å². The van der Waals surface area contributed by atoms with Crippen molar-refractivity contribution in [3.05, 3.63) is 79.1 Å². The van der Waals surface area contributed by atoms with Crippen LogP contribution in [0, 0.1) is 20.2 Å². The Kier molecular flexibility index (Phi) is 10.1. The summed E-state index contributed by atoms with van der Waals surface area (Å²) in [7, 11) is -3.57. The van der Waals surface area contributed by atoms with Crippen LogP contribution in [-0.2, 0) is 23.4 Å². The largest absolute Gasteiger partial charge is 0.461 e. The number of rotatable bonds is 12. The molecule has 19 heteroatoms. The van der Waals surface area contributed by atoms with Crippen LogP contribution in [0.15, 0.2) is 58.4 Å². The number of aromatic nitrogens is 2. The minimum absolute atomic E-state index is 0.0238. The highest BCUT2D eigenvalue weighted by molar-refractivity contribution is 7.78. The van der Waals surface area contributed by atoms with Gasteiger partial charge in [-0.25, -0.2) is 9.59 Å². The molecule has 0 aliphatic rings. The van der Waals surface area contributed by atoms with Gasteiger partial charge in [0.05, 0.1) is 34.4 Å². The highest BCUT2D eigenvalue weighted by Crippen LogP contribution is 2.49. The fourth-order valence-electron chi connectivity index (χ4n) is 2.97. The van der Waals surface area contributed by atoms with Gasteiger partial charge in [-0.05, 0) is 49.6 Å². The number of ether oxygens (including phenoxy) is 2. The zero-order valence-electron chi connectivity index (χ0n) is 21.7. The number of hydrazone groups is 1. The third kappa shape index (κ3) is 7.44. The third-order valence-corrected chi connectivity index (χ3v) is 7.72. The van der Waals surface area contributed by atoms with Gasteiger partial charge in [-0.15, -0.1) is 5.10 Å². The summed E-state index contributed by atoms with van der Waals surface area (Å²) in [5.74, 6) is -2.08. The molecule has 41 heavy (non-hydrogen) atoms. The fourth-order valence-corrected chi connectivity index (χ4v) is 5.32. The molecule has 0 amide bonds. The van der Waals surface area contributed by atoms with Crippen LogP contribution >= 0.6 is 19.1 Å². The van der Waals surface area contributed by atoms with Crippen molar-refractivity contribution < 1.29 is 38.0 Å². The summed E-state index contributed by atoms with van der Waals surface area (Å²) in [6.45, 7) is 2.92. The summed E-state index contributed by atoms with van der Waals surface area (Å²) in [4.78, 5) is 46.1. The van der Waals surface area contributed by atoms with Crippen LogP contribution in [0.3, 0.4) is 0 Å². The molecule has 0 saturated carbocycles. The average molecular weight is 607 g/mol. The molecule has 0 aliphatic heterocycles. The van der Waals surface area contributed by atoms with Crippen molar-refractivity contribution in [2.75, 3.05) is 25.7 Å². The second kappa shape index (κ2) is 13.5. The van der Waals surface area contributed by atoms with Crippen LogP contribution < -0.4 is 10.1 Å². The van der Waals surface area contributed by atoms with E-state index >= 15 is 0 Å². The van der Waals surface area contributed by atoms with E-state index < -0.39 is 34.8 Å². The van der Waals surface area contributed by atoms with Gasteiger partial charge < -0.3 is 14.0 Å². The SMILES string of the molecule is CCOC(=O)/C(=N/Nc1ccc([N+](=O)[O-])cc1)[P@](=O)(N=c1sn(-c2ccc([N+](=O)[O-])cc2)nc1C(=O)OCC)OC. The van der Waals surface area contributed by atoms with Gasteiger partial charge in [-0.1, -0.05) is 0 Å². The zero-order chi connectivity index (χ0) is 30.2. The van der Waals surface area contributed by atoms with Gasteiger partial charge in [0.25, 0.3) is 16.8 Å². The minimum atomic E-state index is -4.58. The summed E-state index contributed by atoms with van der Waals surface area (Å²) in [6, 6.07) is 10.2. The van der Waals surface area contributed by atoms with Crippen molar-refractivity contribution in [1.82, 2.24) is 9.17 Å². The van der Waals surface area contributed by atoms with Gasteiger partial charge >= 0.3 is 19.5 Å². The lowest BCUT2D eigenvalue weighted by molar-refractivity contribution is -0.385. The third-order valence-electron chi connectivity index (χ3n) is 4.88. The molecule has 3 rings (SSSR count). The molecule has 0 unspecified atom stereocenters. The first-order valence-corrected chi connectivity index (χ1v) is 13.9. The first-order valence-electron chi connectivity index (χ1n) is 11.5. The maximum atomic E-state index is 13.9. The number of anilines is 1. The van der Waals surface area contributed by atoms with Crippen molar-refractivity contribution >= 4 is 53.5 Å². The number of hydrogen-bond acceptors (Lipinski definition) is 14. The molecule has 0 saturated heterocycles. The molecule has 0 fully saturated rings. The summed E-state index contributed by atoms with van der Waals surface area (Å²) in [5.41, 5.74) is 1.43. The van der Waals surface area contributed by atoms with Crippen LogP contribution in [0.1, 0.15) is 24.3 Å². The molecule has 216 valence electrons. The van der Waals surface area contributed by atoms with Gasteiger partial charge in [0.2, 0.25) is 5.69 Å². The number of esters is 2. The Bertz CT molecular complexity index is 1600. The van der Waals surface area contributed by atoms with Crippen LogP contribution in [0.5, 0.6) is 0 Å². The van der Waals surface area contributed by atoms with Crippen molar-refractivity contribution in [3.63, 3.8) is 0 Å². The van der Waals surface area contributed by atoms with Crippen LogP contribution in [0.4, 0.5) is 17.1 Å². The van der Waals surface area contributed by atoms with Gasteiger partial charge in [0.1, 0.15) is 0 Å². The second-order valence-corrected chi connectivity index (χ2v) is 10.4. The lowest BCUT2D eigenvalue weighted by Crippen LogP contribution is -2.21. The average Bonchev–Trinajstić information content (AvgIpc) is 3.37. The Hall–Kier alpha value is -4.80. The zero-order valence-corrected chi connectivity index (χ0v) is 23.4. The number of non-ortho nitro benzene ring substituents is 2. The summed E-state index contributed by atoms with van der Waals surface area (Å²) < 4.78 is 34.0. The molecule has 1 heterocycles. The Morgan fingerprint density at radius 1 is 1.00 bits per heavy atom. The summed E-state index contributed by atoms with van der Waals surface area (Å²) in [6.07, 6.45) is 0. The molecule has 0 radical (unpaired) electrons. The normalized spacial score (nSPS) is 13.2. The first kappa shape index (κ1) is 30.7. The van der Waals surface area contributed by atoms with E-state index in [9.17, 15) is 34.4 Å². The van der Waals surface area contributed by atoms with Crippen molar-refractivity contribution in [3.8, 4) is 5.69 Å². The van der Waals surface area contributed by atoms with Gasteiger partial charge in [-0.2, -0.15) is 13.9 Å². The number of nitrogens with zero attached hydrogens (tertiary/aromatic N) is 6. The Labute approximate surface area is 235 Å². The van der Waals surface area contributed by atoms with Crippen molar-refractivity contribution in [1.29, 1.82) is 0 Å². The standard InChI is InChI=1S/C22H22N7O10PS/c1-4-38-21(30)18-20(41-27(25-18)15-10-12-17(13-11-15)29(34)35)26-40(36,37-3)19(22(31)39-5-2)24-23-14-6-8-16(9-7-14)28(32)33/h6-13,23H,4-5H2,1-3H3/b24-19-,26-20?/t40-/m1/s1. The molecular formula is C22H22N7O10PS. The van der Waals surface area contributed by atoms with E-state index in [0.717, 1.165) is 7.11 Å². The maximum absolute atomic E-state index is 13.9. The smallest absolute Gasteiger partial charge is 0.373 e. The molecule has 1 N–H and O–H groups in total. The number of carbonyl (C=O) groups is 2. The number of benzene rings is 2. The summed E-state index contributed by atoms with van der Waals surface area (Å²) in [5, 5.41) is 29.9. The van der Waals surface area contributed by atoms with Gasteiger partial charge in [-0.3, -0.25) is 30.2 Å². The van der Waals surface area contributed by atoms with E-state index in [1.165, 1.54) is 59.5 Å². The summed E-state index contributed by atoms with van der Waals surface area (Å²) >= 11 is 0.709. The molecule has 17 nitrogen and oxygen atoms in total. The molecule has 1 aromatic heterocycles. The molecule has 0 aliphatic carbocycles. The molecule has 3 aromatic rings. The Balaban J connectivity index is 2.14. The monoisotopic (exact) mass is 607 g/mol. The molecule has 1 atom stereocenters. The second-order valence-electron chi connectivity index (χ2n) is 7.49. The Morgan fingerprint density at radius 3 is 2.07 bits per heavy atom. The number of nitrogens with one attached hydrogen (secondary N) is 1. The lowest BCUT2D eigenvalue weighted by Gasteiger charge is -2.13. The van der Waals surface area contributed by atoms with E-state index in [2.05, 4.69) is 20.4 Å². The highest BCUT2D eigenvalue weighted by Gasteiger charge is 2.37. The first-order chi connectivity index (χ1) is 19.5. The number of nitro benzene ring substituents is 2. The van der Waals surface area contributed by atoms with Crippen molar-refractivity contribution in [2.24, 2.45) is 9.86 Å². The molecule has 2 aromatic carbocycles. The molecule has 0 spiro atoms.